The van der Waals surface area contributed by atoms with E-state index in [0.29, 0.717) is 11.5 Å². The van der Waals surface area contributed by atoms with Crippen LogP contribution in [0.5, 0.6) is 0 Å². The molecule has 2 heterocycles. The number of rotatable bonds is 6. The lowest BCUT2D eigenvalue weighted by atomic mass is 9.68. The molecule has 146 valence electrons. The van der Waals surface area contributed by atoms with Crippen molar-refractivity contribution in [1.82, 2.24) is 4.90 Å². The van der Waals surface area contributed by atoms with Gasteiger partial charge in [0.15, 0.2) is 5.79 Å². The first-order chi connectivity index (χ1) is 11.9. The van der Waals surface area contributed by atoms with Gasteiger partial charge in [0.2, 0.25) is 0 Å². The Labute approximate surface area is 155 Å². The van der Waals surface area contributed by atoms with Crippen LogP contribution in [0.1, 0.15) is 85.5 Å². The summed E-state index contributed by atoms with van der Waals surface area (Å²) < 4.78 is 12.7. The highest BCUT2D eigenvalue weighted by atomic mass is 16.7. The maximum Gasteiger partial charge on any atom is 0.168 e. The molecule has 3 rings (SSSR count). The lowest BCUT2D eigenvalue weighted by Crippen LogP contribution is -2.39. The third-order valence-electron chi connectivity index (χ3n) is 7.42. The summed E-state index contributed by atoms with van der Waals surface area (Å²) in [5.74, 6) is 1.48. The summed E-state index contributed by atoms with van der Waals surface area (Å²) in [5.41, 5.74) is 0.463. The molecular formula is C22H41NO2. The maximum absolute atomic E-state index is 6.45. The fourth-order valence-electron chi connectivity index (χ4n) is 5.18. The van der Waals surface area contributed by atoms with Crippen molar-refractivity contribution in [1.29, 1.82) is 0 Å². The van der Waals surface area contributed by atoms with Crippen LogP contribution < -0.4 is 0 Å². The average Bonchev–Trinajstić information content (AvgIpc) is 2.98. The van der Waals surface area contributed by atoms with Crippen LogP contribution >= 0.6 is 0 Å². The van der Waals surface area contributed by atoms with Gasteiger partial charge < -0.3 is 14.4 Å². The highest BCUT2D eigenvalue weighted by Gasteiger charge is 2.46. The van der Waals surface area contributed by atoms with Crippen LogP contribution in [0, 0.1) is 17.3 Å². The third kappa shape index (κ3) is 4.99. The number of nitrogens with zero attached hydrogens (tertiary/aromatic N) is 1. The van der Waals surface area contributed by atoms with E-state index in [1.807, 2.05) is 0 Å². The van der Waals surface area contributed by atoms with E-state index in [1.165, 1.54) is 58.2 Å². The van der Waals surface area contributed by atoms with E-state index in [2.05, 4.69) is 32.6 Å². The zero-order valence-corrected chi connectivity index (χ0v) is 17.2. The highest BCUT2D eigenvalue weighted by molar-refractivity contribution is 4.89. The Morgan fingerprint density at radius 1 is 1.16 bits per heavy atom. The number of hydrogen-bond acceptors (Lipinski definition) is 3. The molecule has 3 nitrogen and oxygen atoms in total. The Kier molecular flexibility index (Phi) is 6.50. The minimum absolute atomic E-state index is 0.232. The molecule has 3 fully saturated rings. The molecule has 2 atom stereocenters. The summed E-state index contributed by atoms with van der Waals surface area (Å²) in [7, 11) is 0. The smallest absolute Gasteiger partial charge is 0.168 e. The number of hydrogen-bond donors (Lipinski definition) is 0. The quantitative estimate of drug-likeness (QED) is 0.653. The molecule has 0 aromatic carbocycles. The van der Waals surface area contributed by atoms with Crippen molar-refractivity contribution in [2.75, 3.05) is 26.2 Å². The topological polar surface area (TPSA) is 21.7 Å². The Morgan fingerprint density at radius 2 is 1.92 bits per heavy atom. The minimum Gasteiger partial charge on any atom is -0.347 e. The lowest BCUT2D eigenvalue weighted by Gasteiger charge is -2.42. The van der Waals surface area contributed by atoms with E-state index in [0.717, 1.165) is 37.7 Å². The third-order valence-corrected chi connectivity index (χ3v) is 7.42. The monoisotopic (exact) mass is 351 g/mol. The average molecular weight is 352 g/mol. The molecule has 0 bridgehead atoms. The summed E-state index contributed by atoms with van der Waals surface area (Å²) in [6.07, 6.45) is 11.5. The second kappa shape index (κ2) is 8.27. The molecule has 0 aromatic rings. The Balaban J connectivity index is 1.37. The molecule has 2 saturated heterocycles. The van der Waals surface area contributed by atoms with E-state index in [9.17, 15) is 0 Å². The van der Waals surface area contributed by atoms with Gasteiger partial charge in [-0.15, -0.1) is 0 Å². The Morgan fingerprint density at radius 3 is 2.60 bits per heavy atom. The van der Waals surface area contributed by atoms with E-state index in [-0.39, 0.29) is 5.79 Å². The molecular weight excluding hydrogens is 310 g/mol. The molecule has 2 aliphatic heterocycles. The van der Waals surface area contributed by atoms with Crippen LogP contribution in [0.2, 0.25) is 0 Å². The SMILES string of the molecule is CCC(C)(C)C1CCC2(CC1)OCC(CCCN1CCCC(C)C1)O2. The van der Waals surface area contributed by atoms with Gasteiger partial charge in [-0.25, -0.2) is 0 Å². The van der Waals surface area contributed by atoms with Gasteiger partial charge in [-0.05, 0) is 68.9 Å². The van der Waals surface area contributed by atoms with Gasteiger partial charge in [-0.1, -0.05) is 34.1 Å². The first-order valence-electron chi connectivity index (χ1n) is 11.0. The number of ether oxygens (including phenoxy) is 2. The summed E-state index contributed by atoms with van der Waals surface area (Å²) in [4.78, 5) is 2.65. The zero-order valence-electron chi connectivity index (χ0n) is 17.2. The van der Waals surface area contributed by atoms with Crippen molar-refractivity contribution in [2.24, 2.45) is 17.3 Å². The molecule has 0 radical (unpaired) electrons. The van der Waals surface area contributed by atoms with Gasteiger partial charge in [0.25, 0.3) is 0 Å². The molecule has 25 heavy (non-hydrogen) atoms. The highest BCUT2D eigenvalue weighted by Crippen LogP contribution is 2.47. The molecule has 1 saturated carbocycles. The van der Waals surface area contributed by atoms with Crippen molar-refractivity contribution in [3.8, 4) is 0 Å². The molecule has 0 aromatic heterocycles. The zero-order chi connectivity index (χ0) is 17.9. The van der Waals surface area contributed by atoms with E-state index in [1.54, 1.807) is 0 Å². The fraction of sp³-hybridized carbons (Fsp3) is 1.00. The van der Waals surface area contributed by atoms with Crippen LogP contribution in [0.3, 0.4) is 0 Å². The van der Waals surface area contributed by atoms with Crippen LogP contribution in [0.25, 0.3) is 0 Å². The summed E-state index contributed by atoms with van der Waals surface area (Å²) in [6, 6.07) is 0. The van der Waals surface area contributed by atoms with Crippen molar-refractivity contribution < 1.29 is 9.47 Å². The molecule has 2 unspecified atom stereocenters. The Bertz CT molecular complexity index is 414. The lowest BCUT2D eigenvalue weighted by molar-refractivity contribution is -0.197. The van der Waals surface area contributed by atoms with Gasteiger partial charge in [0.1, 0.15) is 0 Å². The van der Waals surface area contributed by atoms with Gasteiger partial charge in [-0.2, -0.15) is 0 Å². The summed E-state index contributed by atoms with van der Waals surface area (Å²) in [6.45, 7) is 14.2. The fourth-order valence-corrected chi connectivity index (χ4v) is 5.18. The Hall–Kier alpha value is -0.120. The van der Waals surface area contributed by atoms with E-state index in [4.69, 9.17) is 9.47 Å². The molecule has 0 N–H and O–H groups in total. The van der Waals surface area contributed by atoms with Crippen molar-refractivity contribution in [3.63, 3.8) is 0 Å². The number of piperidine rings is 1. The van der Waals surface area contributed by atoms with Crippen LogP contribution in [-0.4, -0.2) is 43.0 Å². The van der Waals surface area contributed by atoms with Crippen molar-refractivity contribution >= 4 is 0 Å². The summed E-state index contributed by atoms with van der Waals surface area (Å²) >= 11 is 0. The van der Waals surface area contributed by atoms with Crippen molar-refractivity contribution in [2.45, 2.75) is 97.4 Å². The van der Waals surface area contributed by atoms with Gasteiger partial charge in [0.05, 0.1) is 12.7 Å². The predicted molar refractivity (Wildman–Crippen MR) is 104 cm³/mol. The van der Waals surface area contributed by atoms with Crippen LogP contribution in [0.15, 0.2) is 0 Å². The van der Waals surface area contributed by atoms with Gasteiger partial charge >= 0.3 is 0 Å². The summed E-state index contributed by atoms with van der Waals surface area (Å²) in [5, 5.41) is 0. The molecule has 1 spiro atoms. The molecule has 3 heteroatoms. The first kappa shape index (κ1) is 19.6. The molecule has 0 amide bonds. The van der Waals surface area contributed by atoms with Crippen LogP contribution in [-0.2, 0) is 9.47 Å². The molecule has 3 aliphatic rings. The first-order valence-corrected chi connectivity index (χ1v) is 11.0. The minimum atomic E-state index is -0.232. The van der Waals surface area contributed by atoms with E-state index < -0.39 is 0 Å². The van der Waals surface area contributed by atoms with E-state index >= 15 is 0 Å². The molecule has 1 aliphatic carbocycles. The second-order valence-corrected chi connectivity index (χ2v) is 9.77. The largest absolute Gasteiger partial charge is 0.347 e. The van der Waals surface area contributed by atoms with Gasteiger partial charge in [-0.3, -0.25) is 0 Å². The van der Waals surface area contributed by atoms with Gasteiger partial charge in [0, 0.05) is 19.4 Å². The predicted octanol–water partition coefficient (Wildman–Crippen LogP) is 5.24. The normalized spacial score (nSPS) is 37.7. The number of likely N-dealkylation sites (tertiary alicyclic amines) is 1. The second-order valence-electron chi connectivity index (χ2n) is 9.77. The maximum atomic E-state index is 6.45. The standard InChI is InChI=1S/C22H41NO2/c1-5-21(3,4)19-10-12-22(13-11-19)24-17-20(25-22)9-7-15-23-14-6-8-18(2)16-23/h18-20H,5-17H2,1-4H3. The van der Waals surface area contributed by atoms with Crippen molar-refractivity contribution in [3.05, 3.63) is 0 Å². The van der Waals surface area contributed by atoms with Crippen LogP contribution in [0.4, 0.5) is 0 Å².